The molecule has 0 bridgehead atoms. The van der Waals surface area contributed by atoms with Gasteiger partial charge in [-0.15, -0.1) is 11.8 Å². The highest BCUT2D eigenvalue weighted by Gasteiger charge is 2.49. The molecule has 0 aromatic heterocycles. The van der Waals surface area contributed by atoms with Gasteiger partial charge < -0.3 is 35.0 Å². The van der Waals surface area contributed by atoms with Gasteiger partial charge in [-0.25, -0.2) is 25.9 Å². The van der Waals surface area contributed by atoms with Gasteiger partial charge in [0.05, 0.1) is 22.9 Å². The number of allylic oxidation sites excluding steroid dienone is 1. The number of amides is 3. The fraction of sp³-hybridized carbons (Fsp3) is 0.478. The van der Waals surface area contributed by atoms with E-state index in [2.05, 4.69) is 52.6 Å². The minimum atomic E-state index is -6.10. The normalized spacial score (nSPS) is 20.6. The number of piperidine rings is 3. The Morgan fingerprint density at radius 3 is 2.21 bits per heavy atom. The summed E-state index contributed by atoms with van der Waals surface area (Å²) in [5.41, 5.74) is -0.0488. The van der Waals surface area contributed by atoms with E-state index in [1.807, 2.05) is 47.2 Å². The average molecular weight is 1350 g/mol. The summed E-state index contributed by atoms with van der Waals surface area (Å²) in [6.45, 7) is 11.5. The van der Waals surface area contributed by atoms with E-state index in [1.165, 1.54) is 46.7 Å². The van der Waals surface area contributed by atoms with Gasteiger partial charge in [-0.3, -0.25) is 24.6 Å². The van der Waals surface area contributed by atoms with E-state index in [0.717, 1.165) is 133 Å². The molecule has 0 radical (unpaired) electrons. The molecule has 5 heterocycles. The number of sulfonamides is 1. The second-order valence-electron chi connectivity index (χ2n) is 25.2. The molecule has 17 nitrogen and oxygen atoms in total. The quantitative estimate of drug-likeness (QED) is 0.0308. The lowest BCUT2D eigenvalue weighted by Gasteiger charge is -2.47. The largest absolute Gasteiger partial charge is 0.501 e. The molecule has 3 amide bonds. The van der Waals surface area contributed by atoms with Crippen molar-refractivity contribution in [2.24, 2.45) is 11.3 Å². The molecule has 6 aliphatic rings. The highest BCUT2D eigenvalue weighted by molar-refractivity contribution is 7.99. The number of carbonyl (C=O) groups excluding carboxylic acids is 3. The first kappa shape index (κ1) is 67.2. The first-order valence-electron chi connectivity index (χ1n) is 31.8. The van der Waals surface area contributed by atoms with Crippen molar-refractivity contribution >= 4 is 89.3 Å². The van der Waals surface area contributed by atoms with Crippen LogP contribution in [0.15, 0.2) is 136 Å². The predicted molar refractivity (Wildman–Crippen MR) is 352 cm³/mol. The van der Waals surface area contributed by atoms with E-state index >= 15 is 4.39 Å². The molecule has 25 heteroatoms. The molecule has 5 aliphatic heterocycles. The number of halogens is 5. The van der Waals surface area contributed by atoms with Crippen molar-refractivity contribution in [3.05, 3.63) is 143 Å². The van der Waals surface area contributed by atoms with Crippen LogP contribution in [0.3, 0.4) is 0 Å². The molecular formula is C67H80ClF4N9O8S3. The Kier molecular flexibility index (Phi) is 21.6. The third kappa shape index (κ3) is 16.8. The van der Waals surface area contributed by atoms with Crippen molar-refractivity contribution in [1.29, 1.82) is 0 Å². The van der Waals surface area contributed by atoms with Gasteiger partial charge in [0, 0.05) is 124 Å². The number of thioether (sulfide) groups is 1. The summed E-state index contributed by atoms with van der Waals surface area (Å²) in [5, 5.41) is 9.13. The fourth-order valence-electron chi connectivity index (χ4n) is 13.7. The number of hydrogen-bond acceptors (Lipinski definition) is 16. The van der Waals surface area contributed by atoms with Gasteiger partial charge in [0.2, 0.25) is 11.8 Å². The molecule has 5 fully saturated rings. The molecule has 11 rings (SSSR count). The molecule has 92 heavy (non-hydrogen) atoms. The lowest BCUT2D eigenvalue weighted by molar-refractivity contribution is -0.133. The highest BCUT2D eigenvalue weighted by Crippen LogP contribution is 2.50. The summed E-state index contributed by atoms with van der Waals surface area (Å²) in [6.07, 6.45) is 9.15. The molecular weight excluding hydrogens is 1270 g/mol. The van der Waals surface area contributed by atoms with Crippen molar-refractivity contribution < 1.29 is 53.5 Å². The van der Waals surface area contributed by atoms with Crippen LogP contribution in [0.1, 0.15) is 86.6 Å². The van der Waals surface area contributed by atoms with E-state index in [4.69, 9.17) is 16.3 Å². The van der Waals surface area contributed by atoms with Gasteiger partial charge in [0.15, 0.2) is 0 Å². The van der Waals surface area contributed by atoms with Gasteiger partial charge in [-0.05, 0) is 185 Å². The first-order valence-corrected chi connectivity index (χ1v) is 36.2. The Labute approximate surface area is 546 Å². The molecule has 1 unspecified atom stereocenters. The number of hydrogen-bond donors (Lipinski definition) is 4. The maximum Gasteiger partial charge on any atom is 0.501 e. The molecule has 2 atom stereocenters. The maximum atomic E-state index is 15.5. The van der Waals surface area contributed by atoms with Crippen LogP contribution in [0.4, 0.5) is 40.3 Å². The topological polar surface area (TPSA) is 193 Å². The number of piperazine rings is 1. The Balaban J connectivity index is 0.681. The van der Waals surface area contributed by atoms with E-state index in [0.29, 0.717) is 86.4 Å². The minimum Gasteiger partial charge on any atom is -0.380 e. The monoisotopic (exact) mass is 1350 g/mol. The number of alkyl halides is 3. The van der Waals surface area contributed by atoms with Crippen molar-refractivity contribution in [2.75, 3.05) is 124 Å². The number of carbonyl (C=O) groups is 3. The fourth-order valence-corrected chi connectivity index (χ4v) is 16.9. The van der Waals surface area contributed by atoms with Crippen LogP contribution in [-0.4, -0.2) is 171 Å². The number of nitrogens with one attached hydrogen (secondary N) is 4. The smallest absolute Gasteiger partial charge is 0.380 e. The van der Waals surface area contributed by atoms with E-state index < -0.39 is 64.7 Å². The summed E-state index contributed by atoms with van der Waals surface area (Å²) in [6, 6.07) is 30.3. The lowest BCUT2D eigenvalue weighted by atomic mass is 9.65. The highest BCUT2D eigenvalue weighted by atomic mass is 35.5. The molecule has 0 saturated carbocycles. The van der Waals surface area contributed by atoms with Crippen molar-refractivity contribution in [3.63, 3.8) is 0 Å². The van der Waals surface area contributed by atoms with Gasteiger partial charge in [-0.1, -0.05) is 47.5 Å². The molecule has 1 aliphatic carbocycles. The van der Waals surface area contributed by atoms with E-state index in [-0.39, 0.29) is 29.1 Å². The second kappa shape index (κ2) is 29.6. The standard InChI is InChI=1S/C67H80ClF4N9O8S3/c68-51-11-7-48(8-12-51)57-21-25-66(26-32-78(33-27-66)44-47-22-30-81(31-23-47)61-19-13-52(41-58(61)69)73-60-18-20-63(82)75-65(60)84)43-50(57)45-79-34-36-80(37-35-79)54-14-9-49(10-15-54)64(83)76-92(87,88)56-16-17-59(62(42-56)91(85,86)67(70,71)72)74-53(46-90-55-5-2-1-3-6-55)24-29-77-28-4-39-89-40-38-77/h1-3,5-17,19,41-42,47,53,60,73-74H,4,18,20-40,43-46H2,(H,76,83)(H,75,82,84)/t53-,60?/m1/s1. The van der Waals surface area contributed by atoms with Crippen LogP contribution in [0, 0.1) is 17.2 Å². The van der Waals surface area contributed by atoms with Crippen molar-refractivity contribution in [2.45, 2.75) is 103 Å². The van der Waals surface area contributed by atoms with Crippen LogP contribution in [0.2, 0.25) is 5.02 Å². The molecule has 5 saturated heterocycles. The van der Waals surface area contributed by atoms with Gasteiger partial charge >= 0.3 is 5.51 Å². The van der Waals surface area contributed by atoms with Crippen LogP contribution < -0.4 is 30.5 Å². The van der Waals surface area contributed by atoms with E-state index in [1.54, 1.807) is 24.3 Å². The summed E-state index contributed by atoms with van der Waals surface area (Å²) in [7, 11) is -11.0. The van der Waals surface area contributed by atoms with E-state index in [9.17, 15) is 44.4 Å². The molecule has 4 N–H and O–H groups in total. The molecule has 1 spiro atoms. The first-order chi connectivity index (χ1) is 44.2. The number of benzene rings is 5. The van der Waals surface area contributed by atoms with Crippen LogP contribution in [0.5, 0.6) is 0 Å². The summed E-state index contributed by atoms with van der Waals surface area (Å²) < 4.78 is 120. The average Bonchev–Trinajstić information content (AvgIpc) is 0.816. The number of rotatable bonds is 21. The number of ether oxygens (including phenoxy) is 1. The van der Waals surface area contributed by atoms with Crippen molar-refractivity contribution in [3.8, 4) is 0 Å². The Morgan fingerprint density at radius 2 is 1.50 bits per heavy atom. The minimum absolute atomic E-state index is 0.0203. The third-order valence-corrected chi connectivity index (χ3v) is 23.3. The second-order valence-corrected chi connectivity index (χ2v) is 30.3. The molecule has 5 aromatic carbocycles. The van der Waals surface area contributed by atoms with Crippen LogP contribution >= 0.6 is 23.4 Å². The molecule has 494 valence electrons. The number of likely N-dealkylation sites (tertiary alicyclic amines) is 1. The van der Waals surface area contributed by atoms with Gasteiger partial charge in [0.1, 0.15) is 16.8 Å². The summed E-state index contributed by atoms with van der Waals surface area (Å²) in [5.74, 6) is -1.19. The molecule has 5 aromatic rings. The van der Waals surface area contributed by atoms with Crippen LogP contribution in [0.25, 0.3) is 5.57 Å². The predicted octanol–water partition coefficient (Wildman–Crippen LogP) is 10.6. The number of imide groups is 1. The Morgan fingerprint density at radius 1 is 0.761 bits per heavy atom. The van der Waals surface area contributed by atoms with Gasteiger partial charge in [0.25, 0.3) is 25.8 Å². The van der Waals surface area contributed by atoms with Gasteiger partial charge in [-0.2, -0.15) is 13.2 Å². The number of sulfone groups is 1. The summed E-state index contributed by atoms with van der Waals surface area (Å²) >= 11 is 7.83. The zero-order valence-corrected chi connectivity index (χ0v) is 54.6. The number of anilines is 4. The third-order valence-electron chi connectivity index (χ3n) is 19.1. The van der Waals surface area contributed by atoms with Crippen LogP contribution in [-0.2, 0) is 34.2 Å². The zero-order valence-electron chi connectivity index (χ0n) is 51.4. The SMILES string of the molecule is O=C1CCC(Nc2ccc(N3CCC(CN4CCC5(CCC(c6ccc(Cl)cc6)=C(CN6CCN(c7ccc(C(=O)NS(=O)(=O)c8ccc(N[C@H](CCN9CCCOCC9)CSc9ccccc9)c(S(=O)(=O)C(F)(F)F)c8)cc7)CC6)C5)CC4)CC3)c(F)c2)C(=O)N1. The summed E-state index contributed by atoms with van der Waals surface area (Å²) in [4.78, 5) is 47.9. The Hall–Kier alpha value is -6.25. The van der Waals surface area contributed by atoms with Crippen molar-refractivity contribution in [1.82, 2.24) is 24.7 Å². The Bertz CT molecular complexity index is 3670. The number of nitrogens with zero attached hydrogens (tertiary/aromatic N) is 5. The zero-order chi connectivity index (χ0) is 64.6. The lowest BCUT2D eigenvalue weighted by Crippen LogP contribution is -2.48. The maximum absolute atomic E-state index is 15.5.